The van der Waals surface area contributed by atoms with Crippen LogP contribution in [0.1, 0.15) is 0 Å². The van der Waals surface area contributed by atoms with Gasteiger partial charge in [-0.15, -0.1) is 0 Å². The van der Waals surface area contributed by atoms with E-state index in [1.54, 1.807) is 0 Å². The van der Waals surface area contributed by atoms with Crippen molar-refractivity contribution in [2.75, 3.05) is 4.90 Å². The third kappa shape index (κ3) is 6.37. The molecule has 0 saturated heterocycles. The van der Waals surface area contributed by atoms with Crippen molar-refractivity contribution in [3.8, 4) is 56.4 Å². The maximum Gasteiger partial charge on any atom is 0.164 e. The lowest BCUT2D eigenvalue weighted by atomic mass is 10.0. The Morgan fingerprint density at radius 1 is 0.286 bits per heavy atom. The van der Waals surface area contributed by atoms with Crippen LogP contribution in [0.3, 0.4) is 0 Å². The largest absolute Gasteiger partial charge is 0.456 e. The second-order valence-corrected chi connectivity index (χ2v) is 13.7. The highest BCUT2D eigenvalue weighted by atomic mass is 16.3. The Kier molecular flexibility index (Phi) is 8.43. The Morgan fingerprint density at radius 3 is 1.18 bits per heavy atom. The van der Waals surface area contributed by atoms with E-state index in [0.717, 1.165) is 66.8 Å². The highest BCUT2D eigenvalue weighted by Gasteiger charge is 2.18. The van der Waals surface area contributed by atoms with Crippen molar-refractivity contribution in [2.24, 2.45) is 0 Å². The van der Waals surface area contributed by atoms with Crippen LogP contribution in [-0.2, 0) is 0 Å². The number of benzene rings is 8. The van der Waals surface area contributed by atoms with Crippen LogP contribution in [-0.4, -0.2) is 15.0 Å². The monoisotopic (exact) mass is 718 g/mol. The topological polar surface area (TPSA) is 55.1 Å². The smallest absolute Gasteiger partial charge is 0.164 e. The van der Waals surface area contributed by atoms with Crippen molar-refractivity contribution < 1.29 is 4.42 Å². The van der Waals surface area contributed by atoms with Crippen LogP contribution in [0.25, 0.3) is 78.4 Å². The number of fused-ring (bicyclic) bond motifs is 3. The normalized spacial score (nSPS) is 11.2. The number of hydrogen-bond acceptors (Lipinski definition) is 5. The number of furan rings is 1. The first-order valence-corrected chi connectivity index (χ1v) is 18.7. The molecule has 8 aromatic carbocycles. The maximum absolute atomic E-state index is 6.70. The van der Waals surface area contributed by atoms with Gasteiger partial charge in [0, 0.05) is 50.6 Å². The van der Waals surface area contributed by atoms with E-state index in [9.17, 15) is 0 Å². The predicted molar refractivity (Wildman–Crippen MR) is 229 cm³/mol. The molecule has 0 radical (unpaired) electrons. The first kappa shape index (κ1) is 33.0. The molecule has 0 N–H and O–H groups in total. The van der Waals surface area contributed by atoms with Gasteiger partial charge in [0.05, 0.1) is 0 Å². The Bertz CT molecular complexity index is 2820. The van der Waals surface area contributed by atoms with E-state index in [2.05, 4.69) is 132 Å². The Morgan fingerprint density at radius 2 is 0.679 bits per heavy atom. The molecule has 5 heteroatoms. The van der Waals surface area contributed by atoms with E-state index >= 15 is 0 Å². The summed E-state index contributed by atoms with van der Waals surface area (Å²) in [6, 6.07) is 71.2. The molecule has 56 heavy (non-hydrogen) atoms. The third-order valence-corrected chi connectivity index (χ3v) is 10.1. The highest BCUT2D eigenvalue weighted by molar-refractivity contribution is 6.07. The van der Waals surface area contributed by atoms with Gasteiger partial charge in [0.25, 0.3) is 0 Å². The molecule has 0 fully saturated rings. The molecule has 264 valence electrons. The Labute approximate surface area is 324 Å². The summed E-state index contributed by atoms with van der Waals surface area (Å²) < 4.78 is 6.70. The lowest BCUT2D eigenvalue weighted by Crippen LogP contribution is -2.10. The van der Waals surface area contributed by atoms with Crippen LogP contribution in [0.2, 0.25) is 0 Å². The molecule has 0 aliphatic heterocycles. The predicted octanol–water partition coefficient (Wildman–Crippen LogP) is 13.6. The van der Waals surface area contributed by atoms with Crippen molar-refractivity contribution >= 4 is 39.0 Å². The summed E-state index contributed by atoms with van der Waals surface area (Å²) in [4.78, 5) is 17.1. The molecule has 0 bridgehead atoms. The fourth-order valence-corrected chi connectivity index (χ4v) is 7.34. The summed E-state index contributed by atoms with van der Waals surface area (Å²) in [6.07, 6.45) is 0. The Balaban J connectivity index is 1.09. The molecular formula is C51H34N4O. The van der Waals surface area contributed by atoms with Gasteiger partial charge in [0.1, 0.15) is 11.2 Å². The van der Waals surface area contributed by atoms with Gasteiger partial charge < -0.3 is 9.32 Å². The second kappa shape index (κ2) is 14.3. The molecule has 5 nitrogen and oxygen atoms in total. The van der Waals surface area contributed by atoms with E-state index < -0.39 is 0 Å². The highest BCUT2D eigenvalue weighted by Crippen LogP contribution is 2.41. The van der Waals surface area contributed by atoms with Crippen LogP contribution in [0.5, 0.6) is 0 Å². The summed E-state index contributed by atoms with van der Waals surface area (Å²) in [6.45, 7) is 0. The molecule has 2 heterocycles. The van der Waals surface area contributed by atoms with Gasteiger partial charge in [-0.25, -0.2) is 15.0 Å². The Hall–Kier alpha value is -7.63. The van der Waals surface area contributed by atoms with Crippen molar-refractivity contribution in [3.63, 3.8) is 0 Å². The van der Waals surface area contributed by atoms with Crippen molar-refractivity contribution in [2.45, 2.75) is 0 Å². The summed E-state index contributed by atoms with van der Waals surface area (Å²) >= 11 is 0. The van der Waals surface area contributed by atoms with Crippen molar-refractivity contribution in [1.82, 2.24) is 15.0 Å². The van der Waals surface area contributed by atoms with Crippen molar-refractivity contribution in [1.29, 1.82) is 0 Å². The first-order valence-electron chi connectivity index (χ1n) is 18.7. The molecule has 0 unspecified atom stereocenters. The van der Waals surface area contributed by atoms with Gasteiger partial charge in [-0.1, -0.05) is 152 Å². The average molecular weight is 719 g/mol. The molecule has 0 amide bonds. The fourth-order valence-electron chi connectivity index (χ4n) is 7.34. The molecule has 0 aliphatic rings. The lowest BCUT2D eigenvalue weighted by molar-refractivity contribution is 0.669. The fraction of sp³-hybridized carbons (Fsp3) is 0. The van der Waals surface area contributed by atoms with Crippen molar-refractivity contribution in [3.05, 3.63) is 206 Å². The van der Waals surface area contributed by atoms with Gasteiger partial charge in [-0.05, 0) is 70.8 Å². The number of hydrogen-bond donors (Lipinski definition) is 0. The third-order valence-electron chi connectivity index (χ3n) is 10.1. The average Bonchev–Trinajstić information content (AvgIpc) is 3.65. The van der Waals surface area contributed by atoms with E-state index in [1.165, 1.54) is 11.1 Å². The number of aromatic nitrogens is 3. The van der Waals surface area contributed by atoms with E-state index in [1.807, 2.05) is 78.9 Å². The molecule has 0 atom stereocenters. The second-order valence-electron chi connectivity index (χ2n) is 13.7. The summed E-state index contributed by atoms with van der Waals surface area (Å²) in [5.41, 5.74) is 12.0. The number of nitrogens with zero attached hydrogens (tertiary/aromatic N) is 4. The van der Waals surface area contributed by atoms with Gasteiger partial charge in [-0.2, -0.15) is 0 Å². The van der Waals surface area contributed by atoms with Gasteiger partial charge in [0.15, 0.2) is 17.5 Å². The SMILES string of the molecule is c1ccc(-c2cccc(N(c3cccc(-c4ccccc4)c3)c3ccc4c(c3)oc3cc(-c5nc(-c6ccccc6)nc(-c6ccccc6)n5)ccc34)c2)cc1. The summed E-state index contributed by atoms with van der Waals surface area (Å²) in [5.74, 6) is 1.83. The van der Waals surface area contributed by atoms with Gasteiger partial charge >= 0.3 is 0 Å². The van der Waals surface area contributed by atoms with Crippen LogP contribution < -0.4 is 4.90 Å². The summed E-state index contributed by atoms with van der Waals surface area (Å²) in [5, 5.41) is 2.07. The van der Waals surface area contributed by atoms with Crippen LogP contribution in [0.4, 0.5) is 17.1 Å². The quantitative estimate of drug-likeness (QED) is 0.157. The van der Waals surface area contributed by atoms with Crippen LogP contribution >= 0.6 is 0 Å². The first-order chi connectivity index (χ1) is 27.7. The molecule has 10 aromatic rings. The summed E-state index contributed by atoms with van der Waals surface area (Å²) in [7, 11) is 0. The van der Waals surface area contributed by atoms with Gasteiger partial charge in [0.2, 0.25) is 0 Å². The molecular weight excluding hydrogens is 685 g/mol. The molecule has 0 spiro atoms. The van der Waals surface area contributed by atoms with E-state index in [0.29, 0.717) is 17.5 Å². The number of rotatable bonds is 8. The van der Waals surface area contributed by atoms with E-state index in [4.69, 9.17) is 19.4 Å². The molecule has 2 aromatic heterocycles. The van der Waals surface area contributed by atoms with Crippen LogP contribution in [0, 0.1) is 0 Å². The maximum atomic E-state index is 6.70. The van der Waals surface area contributed by atoms with Gasteiger partial charge in [-0.3, -0.25) is 0 Å². The standard InChI is InChI=1S/C51H34N4O/c1-5-15-35(16-6-1)39-23-13-25-42(31-39)55(43-26-14-24-40(32-43)36-17-7-2-8-18-36)44-28-30-46-45-29-27-41(33-47(45)56-48(46)34-44)51-53-49(37-19-9-3-10-20-37)52-50(54-51)38-21-11-4-12-22-38/h1-34H. The van der Waals surface area contributed by atoms with Crippen LogP contribution in [0.15, 0.2) is 211 Å². The zero-order valence-corrected chi connectivity index (χ0v) is 30.3. The minimum Gasteiger partial charge on any atom is -0.456 e. The lowest BCUT2D eigenvalue weighted by Gasteiger charge is -2.26. The zero-order chi connectivity index (χ0) is 37.3. The van der Waals surface area contributed by atoms with E-state index in [-0.39, 0.29) is 0 Å². The number of anilines is 3. The minimum absolute atomic E-state index is 0.587. The minimum atomic E-state index is 0.587. The zero-order valence-electron chi connectivity index (χ0n) is 30.3. The molecule has 0 aliphatic carbocycles. The molecule has 0 saturated carbocycles. The molecule has 10 rings (SSSR count).